The van der Waals surface area contributed by atoms with Gasteiger partial charge in [0.25, 0.3) is 0 Å². The monoisotopic (exact) mass is 341 g/mol. The zero-order valence-electron chi connectivity index (χ0n) is 14.3. The quantitative estimate of drug-likeness (QED) is 0.735. The minimum Gasteiger partial charge on any atom is -0.489 e. The predicted octanol–water partition coefficient (Wildman–Crippen LogP) is 3.10. The van der Waals surface area contributed by atoms with E-state index in [4.69, 9.17) is 9.84 Å². The second kappa shape index (κ2) is 9.47. The first-order valence-electron chi connectivity index (χ1n) is 8.29. The Morgan fingerprint density at radius 1 is 1.04 bits per heavy atom. The number of aliphatic carboxylic acids is 1. The summed E-state index contributed by atoms with van der Waals surface area (Å²) < 4.78 is 5.81. The third-order valence-electron chi connectivity index (χ3n) is 3.73. The molecule has 0 aliphatic rings. The van der Waals surface area contributed by atoms with Gasteiger partial charge >= 0.3 is 5.97 Å². The molecule has 0 atom stereocenters. The van der Waals surface area contributed by atoms with Crippen LogP contribution in [0.15, 0.2) is 48.5 Å². The maximum atomic E-state index is 11.5. The number of nitrogens with one attached hydrogen (secondary N) is 1. The maximum absolute atomic E-state index is 11.5. The summed E-state index contributed by atoms with van der Waals surface area (Å²) in [5.74, 6) is -0.418. The predicted molar refractivity (Wildman–Crippen MR) is 95.5 cm³/mol. The van der Waals surface area contributed by atoms with Crippen LogP contribution in [0, 0.1) is 6.92 Å². The zero-order chi connectivity index (χ0) is 18.1. The summed E-state index contributed by atoms with van der Waals surface area (Å²) in [6.45, 7) is 3.03. The molecule has 2 aromatic carbocycles. The fourth-order valence-corrected chi connectivity index (χ4v) is 2.30. The Labute approximate surface area is 147 Å². The van der Waals surface area contributed by atoms with E-state index in [2.05, 4.69) is 24.4 Å². The van der Waals surface area contributed by atoms with E-state index < -0.39 is 5.97 Å². The molecule has 1 amide bonds. The molecule has 0 saturated carbocycles. The number of carboxylic acid groups (broad SMARTS) is 1. The van der Waals surface area contributed by atoms with Gasteiger partial charge in [-0.1, -0.05) is 42.0 Å². The first kappa shape index (κ1) is 18.5. The van der Waals surface area contributed by atoms with E-state index in [1.54, 1.807) is 0 Å². The van der Waals surface area contributed by atoms with Crippen LogP contribution in [0.2, 0.25) is 0 Å². The van der Waals surface area contributed by atoms with Gasteiger partial charge in [0.15, 0.2) is 0 Å². The first-order chi connectivity index (χ1) is 12.0. The van der Waals surface area contributed by atoms with Gasteiger partial charge in [-0.3, -0.25) is 9.59 Å². The summed E-state index contributed by atoms with van der Waals surface area (Å²) in [5, 5.41) is 11.3. The summed E-state index contributed by atoms with van der Waals surface area (Å²) >= 11 is 0. The van der Waals surface area contributed by atoms with Crippen LogP contribution in [-0.2, 0) is 22.6 Å². The minimum absolute atomic E-state index is 0.00896. The highest BCUT2D eigenvalue weighted by atomic mass is 16.5. The number of benzene rings is 2. The van der Waals surface area contributed by atoms with Crippen molar-refractivity contribution in [3.63, 3.8) is 0 Å². The van der Waals surface area contributed by atoms with Crippen LogP contribution in [0.5, 0.6) is 5.75 Å². The molecule has 5 nitrogen and oxygen atoms in total. The molecule has 0 aliphatic heterocycles. The van der Waals surface area contributed by atoms with Crippen molar-refractivity contribution >= 4 is 11.9 Å². The topological polar surface area (TPSA) is 75.6 Å². The number of amides is 1. The van der Waals surface area contributed by atoms with E-state index in [0.717, 1.165) is 16.9 Å². The van der Waals surface area contributed by atoms with Gasteiger partial charge in [-0.25, -0.2) is 0 Å². The normalized spacial score (nSPS) is 10.3. The third-order valence-corrected chi connectivity index (χ3v) is 3.73. The molecule has 2 aromatic rings. The molecule has 0 aromatic heterocycles. The van der Waals surface area contributed by atoms with Gasteiger partial charge in [0.2, 0.25) is 5.91 Å². The molecule has 0 radical (unpaired) electrons. The molecule has 2 N–H and O–H groups in total. The summed E-state index contributed by atoms with van der Waals surface area (Å²) in [5.41, 5.74) is 3.39. The number of ether oxygens (including phenoxy) is 1. The highest BCUT2D eigenvalue weighted by molar-refractivity contribution is 5.80. The fourth-order valence-electron chi connectivity index (χ4n) is 2.30. The molecule has 0 saturated heterocycles. The lowest BCUT2D eigenvalue weighted by Gasteiger charge is -2.09. The standard InChI is InChI=1S/C20H23NO4/c1-15-5-7-17(8-6-15)14-25-18-4-2-3-16(13-18)11-12-21-19(22)9-10-20(23)24/h2-8,13H,9-12,14H2,1H3,(H,21,22)(H,23,24). The number of hydrogen-bond acceptors (Lipinski definition) is 3. The second-order valence-electron chi connectivity index (χ2n) is 5.92. The van der Waals surface area contributed by atoms with Crippen molar-refractivity contribution in [1.82, 2.24) is 5.32 Å². The van der Waals surface area contributed by atoms with E-state index in [1.165, 1.54) is 5.56 Å². The van der Waals surface area contributed by atoms with Crippen LogP contribution < -0.4 is 10.1 Å². The van der Waals surface area contributed by atoms with Gasteiger partial charge in [0.1, 0.15) is 12.4 Å². The van der Waals surface area contributed by atoms with Crippen molar-refractivity contribution in [3.05, 3.63) is 65.2 Å². The lowest BCUT2D eigenvalue weighted by molar-refractivity contribution is -0.138. The molecular weight excluding hydrogens is 318 g/mol. The van der Waals surface area contributed by atoms with Crippen LogP contribution in [-0.4, -0.2) is 23.5 Å². The van der Waals surface area contributed by atoms with E-state index in [1.807, 2.05) is 36.4 Å². The maximum Gasteiger partial charge on any atom is 0.303 e. The molecule has 0 heterocycles. The average Bonchev–Trinajstić information content (AvgIpc) is 2.60. The van der Waals surface area contributed by atoms with Crippen molar-refractivity contribution in [2.45, 2.75) is 32.8 Å². The zero-order valence-corrected chi connectivity index (χ0v) is 14.3. The molecule has 0 unspecified atom stereocenters. The Hall–Kier alpha value is -2.82. The van der Waals surface area contributed by atoms with Crippen LogP contribution in [0.1, 0.15) is 29.5 Å². The number of rotatable bonds is 9. The van der Waals surface area contributed by atoms with Crippen molar-refractivity contribution in [1.29, 1.82) is 0 Å². The Balaban J connectivity index is 1.77. The number of carbonyl (C=O) groups excluding carboxylic acids is 1. The van der Waals surface area contributed by atoms with Gasteiger partial charge in [0, 0.05) is 13.0 Å². The van der Waals surface area contributed by atoms with E-state index >= 15 is 0 Å². The average molecular weight is 341 g/mol. The largest absolute Gasteiger partial charge is 0.489 e. The summed E-state index contributed by atoms with van der Waals surface area (Å²) in [7, 11) is 0. The molecule has 0 spiro atoms. The first-order valence-corrected chi connectivity index (χ1v) is 8.29. The van der Waals surface area contributed by atoms with Crippen LogP contribution in [0.25, 0.3) is 0 Å². The highest BCUT2D eigenvalue weighted by Gasteiger charge is 2.05. The third kappa shape index (κ3) is 7.08. The van der Waals surface area contributed by atoms with Gasteiger partial charge in [0.05, 0.1) is 6.42 Å². The lowest BCUT2D eigenvalue weighted by atomic mass is 10.1. The molecule has 0 bridgehead atoms. The highest BCUT2D eigenvalue weighted by Crippen LogP contribution is 2.16. The molecule has 5 heteroatoms. The molecule has 0 aliphatic carbocycles. The van der Waals surface area contributed by atoms with Crippen molar-refractivity contribution in [2.24, 2.45) is 0 Å². The molecule has 0 fully saturated rings. The van der Waals surface area contributed by atoms with Gasteiger partial charge in [-0.15, -0.1) is 0 Å². The Morgan fingerprint density at radius 2 is 1.80 bits per heavy atom. The Bertz CT molecular complexity index is 710. The fraction of sp³-hybridized carbons (Fsp3) is 0.300. The van der Waals surface area contributed by atoms with Crippen LogP contribution in [0.3, 0.4) is 0 Å². The summed E-state index contributed by atoms with van der Waals surface area (Å²) in [6, 6.07) is 16.0. The Morgan fingerprint density at radius 3 is 2.52 bits per heavy atom. The van der Waals surface area contributed by atoms with Gasteiger partial charge in [-0.2, -0.15) is 0 Å². The SMILES string of the molecule is Cc1ccc(COc2cccc(CCNC(=O)CCC(=O)O)c2)cc1. The Kier molecular flexibility index (Phi) is 7.01. The van der Waals surface area contributed by atoms with Crippen molar-refractivity contribution in [3.8, 4) is 5.75 Å². The molecule has 2 rings (SSSR count). The smallest absolute Gasteiger partial charge is 0.303 e. The van der Waals surface area contributed by atoms with Crippen LogP contribution >= 0.6 is 0 Å². The van der Waals surface area contributed by atoms with Gasteiger partial charge in [-0.05, 0) is 36.6 Å². The minimum atomic E-state index is -0.964. The lowest BCUT2D eigenvalue weighted by Crippen LogP contribution is -2.26. The van der Waals surface area contributed by atoms with Crippen molar-refractivity contribution < 1.29 is 19.4 Å². The van der Waals surface area contributed by atoms with E-state index in [9.17, 15) is 9.59 Å². The van der Waals surface area contributed by atoms with Gasteiger partial charge < -0.3 is 15.2 Å². The van der Waals surface area contributed by atoms with E-state index in [-0.39, 0.29) is 18.7 Å². The number of aryl methyl sites for hydroxylation is 1. The van der Waals surface area contributed by atoms with E-state index in [0.29, 0.717) is 19.6 Å². The molecule has 25 heavy (non-hydrogen) atoms. The number of carbonyl (C=O) groups is 2. The molecular formula is C20H23NO4. The second-order valence-corrected chi connectivity index (χ2v) is 5.92. The summed E-state index contributed by atoms with van der Waals surface area (Å²) in [4.78, 5) is 21.9. The number of hydrogen-bond donors (Lipinski definition) is 2. The van der Waals surface area contributed by atoms with Crippen LogP contribution in [0.4, 0.5) is 0 Å². The van der Waals surface area contributed by atoms with Crippen molar-refractivity contribution in [2.75, 3.05) is 6.54 Å². The molecule has 132 valence electrons. The number of carboxylic acids is 1. The summed E-state index contributed by atoms with van der Waals surface area (Å²) in [6.07, 6.45) is 0.531.